The van der Waals surface area contributed by atoms with Crippen molar-refractivity contribution in [3.63, 3.8) is 0 Å². The number of benzene rings is 1. The van der Waals surface area contributed by atoms with E-state index in [9.17, 15) is 23.8 Å². The van der Waals surface area contributed by atoms with Gasteiger partial charge in [0.1, 0.15) is 29.6 Å². The highest BCUT2D eigenvalue weighted by atomic mass is 31.2. The highest BCUT2D eigenvalue weighted by molar-refractivity contribution is 7.47. The molecule has 0 bridgehead atoms. The monoisotopic (exact) mass is 522 g/mol. The number of nitrogens with zero attached hydrogens (tertiary/aromatic N) is 1. The van der Waals surface area contributed by atoms with Crippen molar-refractivity contribution in [1.82, 2.24) is 9.55 Å². The van der Waals surface area contributed by atoms with Gasteiger partial charge in [0.15, 0.2) is 12.0 Å². The molecule has 2 N–H and O–H groups in total. The number of aryl methyl sites for hydroxylation is 1. The average Bonchev–Trinajstić information content (AvgIpc) is 3.25. The Morgan fingerprint density at radius 2 is 1.89 bits per heavy atom. The molecule has 4 heterocycles. The number of phosphoric ester groups is 1. The van der Waals surface area contributed by atoms with Crippen LogP contribution in [0, 0.1) is 6.92 Å². The molecule has 192 valence electrons. The minimum absolute atomic E-state index is 0.0495. The first-order valence-electron chi connectivity index (χ1n) is 10.9. The Hall–Kier alpha value is -3.06. The number of ether oxygens (including phenoxy) is 3. The van der Waals surface area contributed by atoms with Crippen LogP contribution in [0.5, 0.6) is 5.75 Å². The summed E-state index contributed by atoms with van der Waals surface area (Å²) in [6.07, 6.45) is -2.15. The Labute approximate surface area is 202 Å². The van der Waals surface area contributed by atoms with Crippen molar-refractivity contribution in [2.45, 2.75) is 51.1 Å². The summed E-state index contributed by atoms with van der Waals surface area (Å²) in [5.74, 6) is -1.07. The maximum absolute atomic E-state index is 12.7. The standard InChI is InChI=1S/C22H23N2O11P/c1-11-8-17(26)31-14-9-12(4-5-13(11)14)35-36(28,29)30-10-15-18-19(34-22(2,3)33-18)20(32-15)24-7-6-16(25)23-21(24)27/h4-9,15,18-20H,10H2,1-3H3,(H,28,29)(H,23,25,27)/t15-,18-,19-,20-/m1/s1. The van der Waals surface area contributed by atoms with Crippen LogP contribution in [0.3, 0.4) is 0 Å². The van der Waals surface area contributed by atoms with Gasteiger partial charge in [-0.3, -0.25) is 23.8 Å². The van der Waals surface area contributed by atoms with Crippen LogP contribution in [-0.4, -0.2) is 45.2 Å². The van der Waals surface area contributed by atoms with Gasteiger partial charge < -0.3 is 23.2 Å². The lowest BCUT2D eigenvalue weighted by Crippen LogP contribution is -2.37. The Bertz CT molecular complexity index is 1540. The Kier molecular flexibility index (Phi) is 6.02. The van der Waals surface area contributed by atoms with Crippen molar-refractivity contribution >= 4 is 18.8 Å². The van der Waals surface area contributed by atoms with Gasteiger partial charge in [-0.15, -0.1) is 0 Å². The van der Waals surface area contributed by atoms with Gasteiger partial charge in [0.25, 0.3) is 5.56 Å². The molecule has 5 rings (SSSR count). The van der Waals surface area contributed by atoms with E-state index in [4.69, 9.17) is 27.7 Å². The highest BCUT2D eigenvalue weighted by Gasteiger charge is 2.56. The van der Waals surface area contributed by atoms with Crippen LogP contribution in [0.4, 0.5) is 0 Å². The second-order valence-corrected chi connectivity index (χ2v) is 10.3. The topological polar surface area (TPSA) is 169 Å². The third-order valence-corrected chi connectivity index (χ3v) is 6.71. The molecule has 1 unspecified atom stereocenters. The van der Waals surface area contributed by atoms with Crippen LogP contribution in [0.2, 0.25) is 0 Å². The molecule has 0 radical (unpaired) electrons. The molecule has 36 heavy (non-hydrogen) atoms. The van der Waals surface area contributed by atoms with Crippen molar-refractivity contribution in [2.75, 3.05) is 6.61 Å². The summed E-state index contributed by atoms with van der Waals surface area (Å²) in [6.45, 7) is 4.65. The van der Waals surface area contributed by atoms with Crippen LogP contribution in [0.15, 0.2) is 55.3 Å². The second kappa shape index (κ2) is 8.80. The molecule has 14 heteroatoms. The fourth-order valence-electron chi connectivity index (χ4n) is 4.33. The maximum atomic E-state index is 12.7. The zero-order valence-corrected chi connectivity index (χ0v) is 20.3. The summed E-state index contributed by atoms with van der Waals surface area (Å²) in [7, 11) is -4.66. The number of H-pyrrole nitrogens is 1. The van der Waals surface area contributed by atoms with E-state index < -0.39 is 61.6 Å². The Morgan fingerprint density at radius 3 is 2.64 bits per heavy atom. The van der Waals surface area contributed by atoms with E-state index in [2.05, 4.69) is 4.98 Å². The Balaban J connectivity index is 1.33. The molecule has 2 aromatic heterocycles. The molecule has 13 nitrogen and oxygen atoms in total. The normalized spacial score (nSPS) is 26.6. The smallest absolute Gasteiger partial charge is 0.423 e. The first-order valence-corrected chi connectivity index (χ1v) is 12.4. The van der Waals surface area contributed by atoms with E-state index in [0.29, 0.717) is 10.9 Å². The molecule has 0 aliphatic carbocycles. The minimum atomic E-state index is -4.66. The largest absolute Gasteiger partial charge is 0.527 e. The van der Waals surface area contributed by atoms with Crippen molar-refractivity contribution in [2.24, 2.45) is 0 Å². The van der Waals surface area contributed by atoms with Crippen LogP contribution in [0.25, 0.3) is 11.0 Å². The first kappa shape index (κ1) is 24.6. The lowest BCUT2D eigenvalue weighted by molar-refractivity contribution is -0.200. The fraction of sp³-hybridized carbons (Fsp3) is 0.409. The number of nitrogens with one attached hydrogen (secondary N) is 1. The second-order valence-electron chi connectivity index (χ2n) is 8.91. The summed E-state index contributed by atoms with van der Waals surface area (Å²) < 4.78 is 46.9. The average molecular weight is 522 g/mol. The minimum Gasteiger partial charge on any atom is -0.423 e. The molecule has 2 saturated heterocycles. The van der Waals surface area contributed by atoms with Crippen molar-refractivity contribution < 1.29 is 37.1 Å². The molecule has 1 aromatic carbocycles. The molecule has 0 amide bonds. The molecule has 3 aromatic rings. The van der Waals surface area contributed by atoms with Crippen molar-refractivity contribution in [3.8, 4) is 5.75 Å². The number of aromatic amines is 1. The van der Waals surface area contributed by atoms with E-state index in [1.807, 2.05) is 0 Å². The van der Waals surface area contributed by atoms with Crippen LogP contribution >= 0.6 is 7.82 Å². The van der Waals surface area contributed by atoms with Gasteiger partial charge in [-0.2, -0.15) is 0 Å². The van der Waals surface area contributed by atoms with Crippen LogP contribution < -0.4 is 21.4 Å². The van der Waals surface area contributed by atoms with Gasteiger partial charge in [0.05, 0.1) is 6.61 Å². The molecule has 0 spiro atoms. The number of hydrogen-bond donors (Lipinski definition) is 2. The summed E-state index contributed by atoms with van der Waals surface area (Å²) >= 11 is 0. The van der Waals surface area contributed by atoms with Gasteiger partial charge in [-0.05, 0) is 38.5 Å². The predicted molar refractivity (Wildman–Crippen MR) is 123 cm³/mol. The van der Waals surface area contributed by atoms with E-state index in [1.165, 1.54) is 24.4 Å². The zero-order valence-electron chi connectivity index (χ0n) is 19.4. The van der Waals surface area contributed by atoms with Gasteiger partial charge in [0.2, 0.25) is 0 Å². The third-order valence-electron chi connectivity index (χ3n) is 5.80. The van der Waals surface area contributed by atoms with Crippen LogP contribution in [0.1, 0.15) is 25.6 Å². The van der Waals surface area contributed by atoms with E-state index >= 15 is 0 Å². The lowest BCUT2D eigenvalue weighted by Gasteiger charge is -2.25. The van der Waals surface area contributed by atoms with Gasteiger partial charge in [-0.1, -0.05) is 0 Å². The number of hydrogen-bond acceptors (Lipinski definition) is 10. The number of phosphoric acid groups is 1. The van der Waals surface area contributed by atoms with Crippen LogP contribution in [-0.2, 0) is 23.3 Å². The number of aromatic nitrogens is 2. The highest BCUT2D eigenvalue weighted by Crippen LogP contribution is 2.47. The van der Waals surface area contributed by atoms with E-state index in [1.54, 1.807) is 26.8 Å². The number of rotatable bonds is 6. The van der Waals surface area contributed by atoms with Crippen molar-refractivity contribution in [3.05, 3.63) is 73.4 Å². The molecule has 0 saturated carbocycles. The third kappa shape index (κ3) is 4.81. The Morgan fingerprint density at radius 1 is 1.14 bits per heavy atom. The van der Waals surface area contributed by atoms with Gasteiger partial charge in [-0.25, -0.2) is 14.2 Å². The summed E-state index contributed by atoms with van der Waals surface area (Å²) in [5.41, 5.74) is -0.979. The SMILES string of the molecule is Cc1cc(=O)oc2cc(OP(=O)(O)OC[C@H]3O[C@@H](n4ccc(=O)[nH]c4=O)[C@@H]4OC(C)(C)O[C@@H]43)ccc12. The van der Waals surface area contributed by atoms with E-state index in [-0.39, 0.29) is 11.3 Å². The first-order chi connectivity index (χ1) is 16.9. The summed E-state index contributed by atoms with van der Waals surface area (Å²) in [5, 5.41) is 0.644. The van der Waals surface area contributed by atoms with Crippen molar-refractivity contribution in [1.29, 1.82) is 0 Å². The summed E-state index contributed by atoms with van der Waals surface area (Å²) in [4.78, 5) is 47.8. The molecule has 2 fully saturated rings. The zero-order chi connectivity index (χ0) is 25.8. The molecular formula is C22H23N2O11P. The van der Waals surface area contributed by atoms with Gasteiger partial charge >= 0.3 is 19.1 Å². The lowest BCUT2D eigenvalue weighted by atomic mass is 10.1. The van der Waals surface area contributed by atoms with Gasteiger partial charge in [0, 0.05) is 29.8 Å². The quantitative estimate of drug-likeness (QED) is 0.356. The molecular weight excluding hydrogens is 499 g/mol. The molecule has 2 aliphatic heterocycles. The fourth-order valence-corrected chi connectivity index (χ4v) is 5.10. The summed E-state index contributed by atoms with van der Waals surface area (Å²) in [6, 6.07) is 6.84. The maximum Gasteiger partial charge on any atom is 0.527 e. The van der Waals surface area contributed by atoms with E-state index in [0.717, 1.165) is 10.6 Å². The number of fused-ring (bicyclic) bond motifs is 2. The molecule has 2 aliphatic rings. The predicted octanol–water partition coefficient (Wildman–Crippen LogP) is 1.56. The molecule has 5 atom stereocenters.